The smallest absolute Gasteiger partial charge is 0.272 e. The molecular weight excluding hydrogens is 452 g/mol. The molecule has 9 nitrogen and oxygen atoms in total. The van der Waals surface area contributed by atoms with Crippen LogP contribution in [-0.4, -0.2) is 45.2 Å². The number of nitrogens with zero attached hydrogens (tertiary/aromatic N) is 1. The van der Waals surface area contributed by atoms with Gasteiger partial charge in [-0.2, -0.15) is 5.10 Å². The van der Waals surface area contributed by atoms with Gasteiger partial charge in [0, 0.05) is 23.4 Å². The van der Waals surface area contributed by atoms with E-state index in [1.165, 1.54) is 42.8 Å². The predicted molar refractivity (Wildman–Crippen MR) is 121 cm³/mol. The van der Waals surface area contributed by atoms with Crippen molar-refractivity contribution in [2.75, 3.05) is 11.0 Å². The van der Waals surface area contributed by atoms with Crippen molar-refractivity contribution in [3.63, 3.8) is 0 Å². The minimum atomic E-state index is -4.19. The maximum absolute atomic E-state index is 12.9. The third-order valence-corrected chi connectivity index (χ3v) is 8.23. The van der Waals surface area contributed by atoms with Gasteiger partial charge in [-0.25, -0.2) is 16.8 Å². The molecular formula is C21H24N4O5S2. The lowest BCUT2D eigenvalue weighted by molar-refractivity contribution is 0.0924. The van der Waals surface area contributed by atoms with Gasteiger partial charge in [-0.05, 0) is 43.2 Å². The summed E-state index contributed by atoms with van der Waals surface area (Å²) < 4.78 is 52.4. The molecule has 170 valence electrons. The van der Waals surface area contributed by atoms with Crippen molar-refractivity contribution in [1.82, 2.24) is 15.5 Å². The Hall–Kier alpha value is -2.92. The molecule has 1 heterocycles. The zero-order chi connectivity index (χ0) is 22.9. The number of aromatic nitrogens is 2. The number of anilines is 1. The number of benzene rings is 2. The van der Waals surface area contributed by atoms with E-state index in [4.69, 9.17) is 0 Å². The molecule has 11 heteroatoms. The molecule has 0 unspecified atom stereocenters. The van der Waals surface area contributed by atoms with E-state index >= 15 is 0 Å². The highest BCUT2D eigenvalue weighted by Gasteiger charge is 2.25. The van der Waals surface area contributed by atoms with Crippen LogP contribution in [-0.2, 0) is 19.9 Å². The summed E-state index contributed by atoms with van der Waals surface area (Å²) in [5.41, 5.74) is 0.954. The maximum Gasteiger partial charge on any atom is 0.272 e. The third-order valence-electron chi connectivity index (χ3n) is 5.51. The van der Waals surface area contributed by atoms with Gasteiger partial charge in [0.25, 0.3) is 15.9 Å². The lowest BCUT2D eigenvalue weighted by atomic mass is 9.95. The Labute approximate surface area is 186 Å². The van der Waals surface area contributed by atoms with Crippen LogP contribution in [0.1, 0.15) is 42.6 Å². The summed E-state index contributed by atoms with van der Waals surface area (Å²) in [5, 5.41) is 10.4. The standard InChI is InChI=1S/C21H24N4O5S2/c1-31(27,28)18-9-5-6-10-19(18)32(29,30)25-15-11-12-17-16(13-15)20(24-23-17)21(26)22-14-7-3-2-4-8-14/h5-6,9-14,25H,2-4,7-8H2,1H3,(H,22,26)(H,23,24). The molecule has 4 rings (SSSR count). The summed E-state index contributed by atoms with van der Waals surface area (Å²) in [6.07, 6.45) is 6.14. The van der Waals surface area contributed by atoms with E-state index in [2.05, 4.69) is 20.2 Å². The summed E-state index contributed by atoms with van der Waals surface area (Å²) in [4.78, 5) is 12.1. The van der Waals surface area contributed by atoms with E-state index in [1.54, 1.807) is 6.07 Å². The maximum atomic E-state index is 12.9. The molecule has 0 saturated heterocycles. The average Bonchev–Trinajstić information content (AvgIpc) is 3.17. The fourth-order valence-electron chi connectivity index (χ4n) is 3.94. The molecule has 2 aromatic carbocycles. The van der Waals surface area contributed by atoms with Gasteiger partial charge < -0.3 is 5.32 Å². The third kappa shape index (κ3) is 4.63. The second-order valence-corrected chi connectivity index (χ2v) is 11.6. The summed E-state index contributed by atoms with van der Waals surface area (Å²) >= 11 is 0. The lowest BCUT2D eigenvalue weighted by Crippen LogP contribution is -2.36. The summed E-state index contributed by atoms with van der Waals surface area (Å²) in [6, 6.07) is 10.1. The molecule has 1 aliphatic rings. The molecule has 0 radical (unpaired) electrons. The largest absolute Gasteiger partial charge is 0.348 e. The minimum Gasteiger partial charge on any atom is -0.348 e. The number of amides is 1. The number of sulfonamides is 1. The summed E-state index contributed by atoms with van der Waals surface area (Å²) in [6.45, 7) is 0. The summed E-state index contributed by atoms with van der Waals surface area (Å²) in [5.74, 6) is -0.314. The van der Waals surface area contributed by atoms with Gasteiger partial charge >= 0.3 is 0 Å². The zero-order valence-electron chi connectivity index (χ0n) is 17.5. The number of nitrogens with one attached hydrogen (secondary N) is 3. The second-order valence-electron chi connectivity index (χ2n) is 7.97. The first kappa shape index (κ1) is 22.3. The van der Waals surface area contributed by atoms with Gasteiger partial charge in [0.2, 0.25) is 0 Å². The van der Waals surface area contributed by atoms with Crippen LogP contribution in [0.5, 0.6) is 0 Å². The topological polar surface area (TPSA) is 138 Å². The Bertz CT molecular complexity index is 1370. The van der Waals surface area contributed by atoms with E-state index in [0.717, 1.165) is 31.9 Å². The van der Waals surface area contributed by atoms with Gasteiger partial charge in [0.1, 0.15) is 4.90 Å². The number of fused-ring (bicyclic) bond motifs is 1. The van der Waals surface area contributed by atoms with Gasteiger partial charge in [-0.3, -0.25) is 14.6 Å². The lowest BCUT2D eigenvalue weighted by Gasteiger charge is -2.22. The van der Waals surface area contributed by atoms with E-state index in [1.807, 2.05) is 0 Å². The number of sulfone groups is 1. The average molecular weight is 477 g/mol. The molecule has 0 aliphatic heterocycles. The normalized spacial score (nSPS) is 15.5. The number of hydrogen-bond acceptors (Lipinski definition) is 6. The Kier molecular flexibility index (Phi) is 5.95. The van der Waals surface area contributed by atoms with Crippen molar-refractivity contribution in [3.05, 3.63) is 48.2 Å². The van der Waals surface area contributed by atoms with Gasteiger partial charge in [0.15, 0.2) is 15.5 Å². The molecule has 3 N–H and O–H groups in total. The van der Waals surface area contributed by atoms with Crippen LogP contribution in [0.25, 0.3) is 10.9 Å². The Balaban J connectivity index is 1.63. The number of carbonyl (C=O) groups excluding carboxylic acids is 1. The quantitative estimate of drug-likeness (QED) is 0.500. The number of rotatable bonds is 6. The van der Waals surface area contributed by atoms with Crippen LogP contribution < -0.4 is 10.0 Å². The number of carbonyl (C=O) groups is 1. The first-order valence-electron chi connectivity index (χ1n) is 10.3. The molecule has 3 aromatic rings. The van der Waals surface area contributed by atoms with Gasteiger partial charge in [-0.1, -0.05) is 31.4 Å². The van der Waals surface area contributed by atoms with E-state index < -0.39 is 19.9 Å². The van der Waals surface area contributed by atoms with Gasteiger partial charge in [-0.15, -0.1) is 0 Å². The van der Waals surface area contributed by atoms with Crippen LogP contribution in [0.15, 0.2) is 52.3 Å². The van der Waals surface area contributed by atoms with Crippen molar-refractivity contribution >= 4 is 42.4 Å². The van der Waals surface area contributed by atoms with Crippen LogP contribution in [0.3, 0.4) is 0 Å². The molecule has 1 fully saturated rings. The number of aromatic amines is 1. The molecule has 32 heavy (non-hydrogen) atoms. The fraction of sp³-hybridized carbons (Fsp3) is 0.333. The molecule has 1 amide bonds. The van der Waals surface area contributed by atoms with Gasteiger partial charge in [0.05, 0.1) is 10.4 Å². The Morgan fingerprint density at radius 1 is 1.00 bits per heavy atom. The first-order valence-corrected chi connectivity index (χ1v) is 13.6. The predicted octanol–water partition coefficient (Wildman–Crippen LogP) is 2.83. The molecule has 1 saturated carbocycles. The second kappa shape index (κ2) is 8.55. The highest BCUT2D eigenvalue weighted by Crippen LogP contribution is 2.26. The van der Waals surface area contributed by atoms with Crippen LogP contribution in [0, 0.1) is 0 Å². The minimum absolute atomic E-state index is 0.108. The van der Waals surface area contributed by atoms with Crippen LogP contribution in [0.4, 0.5) is 5.69 Å². The molecule has 0 bridgehead atoms. The Morgan fingerprint density at radius 2 is 1.69 bits per heavy atom. The highest BCUT2D eigenvalue weighted by molar-refractivity contribution is 7.95. The Morgan fingerprint density at radius 3 is 2.38 bits per heavy atom. The van der Waals surface area contributed by atoms with Crippen molar-refractivity contribution in [1.29, 1.82) is 0 Å². The number of hydrogen-bond donors (Lipinski definition) is 3. The van der Waals surface area contributed by atoms with E-state index in [-0.39, 0.29) is 33.1 Å². The SMILES string of the molecule is CS(=O)(=O)c1ccccc1S(=O)(=O)Nc1ccc2[nH]nc(C(=O)NC3CCCCC3)c2c1. The van der Waals surface area contributed by atoms with E-state index in [0.29, 0.717) is 10.9 Å². The number of H-pyrrole nitrogens is 1. The van der Waals surface area contributed by atoms with Crippen LogP contribution in [0.2, 0.25) is 0 Å². The molecule has 1 aromatic heterocycles. The van der Waals surface area contributed by atoms with Crippen molar-refractivity contribution in [2.45, 2.75) is 47.9 Å². The summed E-state index contributed by atoms with van der Waals surface area (Å²) in [7, 11) is -7.95. The van der Waals surface area contributed by atoms with Crippen molar-refractivity contribution < 1.29 is 21.6 Å². The zero-order valence-corrected chi connectivity index (χ0v) is 19.1. The van der Waals surface area contributed by atoms with Crippen molar-refractivity contribution in [3.8, 4) is 0 Å². The van der Waals surface area contributed by atoms with Crippen LogP contribution >= 0.6 is 0 Å². The first-order chi connectivity index (χ1) is 15.1. The highest BCUT2D eigenvalue weighted by atomic mass is 32.2. The monoisotopic (exact) mass is 476 g/mol. The fourth-order valence-corrected chi connectivity index (χ4v) is 6.62. The molecule has 0 spiro atoms. The molecule has 1 aliphatic carbocycles. The van der Waals surface area contributed by atoms with E-state index in [9.17, 15) is 21.6 Å². The molecule has 0 atom stereocenters. The van der Waals surface area contributed by atoms with Crippen molar-refractivity contribution in [2.24, 2.45) is 0 Å².